The Bertz CT molecular complexity index is 848. The largest absolute Gasteiger partial charge is 0.302 e. The highest BCUT2D eigenvalue weighted by Crippen LogP contribution is 2.27. The van der Waals surface area contributed by atoms with Crippen LogP contribution >= 0.6 is 0 Å². The molecule has 28 heavy (non-hydrogen) atoms. The Balaban J connectivity index is 1.67. The molecule has 3 rings (SSSR count). The lowest BCUT2D eigenvalue weighted by molar-refractivity contribution is 0.246. The van der Waals surface area contributed by atoms with Crippen molar-refractivity contribution in [2.45, 2.75) is 61.3 Å². The van der Waals surface area contributed by atoms with E-state index in [1.165, 1.54) is 37.1 Å². The highest BCUT2D eigenvalue weighted by Gasteiger charge is 2.32. The van der Waals surface area contributed by atoms with Gasteiger partial charge in [-0.25, -0.2) is 21.6 Å². The normalized spacial score (nSPS) is 22.5. The van der Waals surface area contributed by atoms with Crippen LogP contribution in [0.25, 0.3) is 0 Å². The summed E-state index contributed by atoms with van der Waals surface area (Å²) in [7, 11) is -7.24. The minimum absolute atomic E-state index is 0.0226. The van der Waals surface area contributed by atoms with Gasteiger partial charge in [0.25, 0.3) is 0 Å². The van der Waals surface area contributed by atoms with Gasteiger partial charge in [0.1, 0.15) is 0 Å². The molecular weight excluding hydrogens is 398 g/mol. The van der Waals surface area contributed by atoms with E-state index in [1.54, 1.807) is 4.31 Å². The maximum absolute atomic E-state index is 13.0. The second kappa shape index (κ2) is 9.21. The van der Waals surface area contributed by atoms with Gasteiger partial charge in [-0.2, -0.15) is 4.31 Å². The van der Waals surface area contributed by atoms with Gasteiger partial charge in [0.05, 0.1) is 9.79 Å². The van der Waals surface area contributed by atoms with Crippen LogP contribution in [0, 0.1) is 0 Å². The molecule has 9 heteroatoms. The third-order valence-electron chi connectivity index (χ3n) is 5.70. The molecule has 0 spiro atoms. The number of sulfonamides is 2. The SMILES string of the molecule is CCC1CCCCN1S(=O)(=O)c1ccc(S(=O)(=O)NCCN2CCCC2)cc1. The number of piperidine rings is 1. The first kappa shape index (κ1) is 21.7. The Hall–Kier alpha value is -1.00. The Morgan fingerprint density at radius 3 is 2.18 bits per heavy atom. The molecule has 2 saturated heterocycles. The second-order valence-corrected chi connectivity index (χ2v) is 11.2. The molecule has 2 heterocycles. The molecule has 1 aromatic rings. The van der Waals surface area contributed by atoms with Crippen molar-refractivity contribution >= 4 is 20.0 Å². The first-order valence-electron chi connectivity index (χ1n) is 10.2. The summed E-state index contributed by atoms with van der Waals surface area (Å²) in [5.41, 5.74) is 0. The minimum atomic E-state index is -3.64. The van der Waals surface area contributed by atoms with E-state index in [4.69, 9.17) is 0 Å². The number of hydrogen-bond acceptors (Lipinski definition) is 5. The van der Waals surface area contributed by atoms with Crippen molar-refractivity contribution in [1.82, 2.24) is 13.9 Å². The van der Waals surface area contributed by atoms with Crippen molar-refractivity contribution in [2.24, 2.45) is 0 Å². The molecule has 2 aliphatic rings. The lowest BCUT2D eigenvalue weighted by atomic mass is 10.0. The predicted octanol–water partition coefficient (Wildman–Crippen LogP) is 2.01. The molecule has 0 bridgehead atoms. The van der Waals surface area contributed by atoms with Crippen molar-refractivity contribution in [1.29, 1.82) is 0 Å². The number of benzene rings is 1. The lowest BCUT2D eigenvalue weighted by Gasteiger charge is -2.34. The fourth-order valence-corrected chi connectivity index (χ4v) is 6.84. The van der Waals surface area contributed by atoms with E-state index >= 15 is 0 Å². The number of likely N-dealkylation sites (tertiary alicyclic amines) is 1. The molecule has 7 nitrogen and oxygen atoms in total. The van der Waals surface area contributed by atoms with Gasteiger partial charge in [-0.1, -0.05) is 13.3 Å². The summed E-state index contributed by atoms with van der Waals surface area (Å²) in [6, 6.07) is 5.61. The maximum atomic E-state index is 13.0. The standard InChI is InChI=1S/C19H31N3O4S2/c1-2-17-7-3-4-15-22(17)28(25,26)19-10-8-18(9-11-19)27(23,24)20-12-16-21-13-5-6-14-21/h8-11,17,20H,2-7,12-16H2,1H3. The Labute approximate surface area is 169 Å². The molecule has 0 amide bonds. The Kier molecular flexibility index (Phi) is 7.14. The van der Waals surface area contributed by atoms with Crippen LogP contribution in [0.2, 0.25) is 0 Å². The molecule has 0 radical (unpaired) electrons. The van der Waals surface area contributed by atoms with Crippen LogP contribution in [0.4, 0.5) is 0 Å². The van der Waals surface area contributed by atoms with Crippen LogP contribution in [0.1, 0.15) is 45.4 Å². The van der Waals surface area contributed by atoms with Crippen molar-refractivity contribution < 1.29 is 16.8 Å². The number of hydrogen-bond donors (Lipinski definition) is 1. The highest BCUT2D eigenvalue weighted by atomic mass is 32.2. The van der Waals surface area contributed by atoms with Gasteiger partial charge in [0.15, 0.2) is 0 Å². The van der Waals surface area contributed by atoms with Gasteiger partial charge in [0.2, 0.25) is 20.0 Å². The molecule has 1 unspecified atom stereocenters. The van der Waals surface area contributed by atoms with Crippen LogP contribution in [-0.2, 0) is 20.0 Å². The zero-order valence-electron chi connectivity index (χ0n) is 16.5. The summed E-state index contributed by atoms with van der Waals surface area (Å²) < 4.78 is 55.1. The third kappa shape index (κ3) is 4.94. The van der Waals surface area contributed by atoms with Gasteiger partial charge in [-0.15, -0.1) is 0 Å². The van der Waals surface area contributed by atoms with Crippen LogP contribution in [0.3, 0.4) is 0 Å². The molecule has 1 N–H and O–H groups in total. The topological polar surface area (TPSA) is 86.8 Å². The van der Waals surface area contributed by atoms with Crippen LogP contribution in [0.5, 0.6) is 0 Å². The molecule has 2 fully saturated rings. The first-order valence-corrected chi connectivity index (χ1v) is 13.1. The highest BCUT2D eigenvalue weighted by molar-refractivity contribution is 7.89. The van der Waals surface area contributed by atoms with Crippen LogP contribution in [-0.4, -0.2) is 64.8 Å². The third-order valence-corrected chi connectivity index (χ3v) is 9.15. The zero-order chi connectivity index (χ0) is 20.2. The summed E-state index contributed by atoms with van der Waals surface area (Å²) in [5.74, 6) is 0. The number of nitrogens with one attached hydrogen (secondary N) is 1. The van der Waals surface area contributed by atoms with Crippen LogP contribution in [0.15, 0.2) is 34.1 Å². The summed E-state index contributed by atoms with van der Waals surface area (Å²) >= 11 is 0. The fourth-order valence-electron chi connectivity index (χ4n) is 4.05. The second-order valence-electron chi connectivity index (χ2n) is 7.59. The van der Waals surface area contributed by atoms with Crippen molar-refractivity contribution in [2.75, 3.05) is 32.7 Å². The van der Waals surface area contributed by atoms with E-state index in [0.717, 1.165) is 38.8 Å². The molecule has 1 atom stereocenters. The predicted molar refractivity (Wildman–Crippen MR) is 109 cm³/mol. The molecular formula is C19H31N3O4S2. The van der Waals surface area contributed by atoms with Gasteiger partial charge < -0.3 is 4.90 Å². The first-order chi connectivity index (χ1) is 13.3. The van der Waals surface area contributed by atoms with E-state index in [-0.39, 0.29) is 15.8 Å². The van der Waals surface area contributed by atoms with Crippen LogP contribution < -0.4 is 4.72 Å². The van der Waals surface area contributed by atoms with E-state index in [9.17, 15) is 16.8 Å². The fraction of sp³-hybridized carbons (Fsp3) is 0.684. The summed E-state index contributed by atoms with van der Waals surface area (Å²) in [4.78, 5) is 2.49. The van der Waals surface area contributed by atoms with Gasteiger partial charge in [0, 0.05) is 25.7 Å². The summed E-state index contributed by atoms with van der Waals surface area (Å²) in [5, 5.41) is 0. The molecule has 1 aromatic carbocycles. The van der Waals surface area contributed by atoms with E-state index in [0.29, 0.717) is 19.6 Å². The molecule has 0 saturated carbocycles. The summed E-state index contributed by atoms with van der Waals surface area (Å²) in [6.45, 7) is 5.61. The Morgan fingerprint density at radius 1 is 0.929 bits per heavy atom. The lowest BCUT2D eigenvalue weighted by Crippen LogP contribution is -2.43. The number of nitrogens with zero attached hydrogens (tertiary/aromatic N) is 2. The molecule has 0 aromatic heterocycles. The number of rotatable bonds is 8. The Morgan fingerprint density at radius 2 is 1.54 bits per heavy atom. The van der Waals surface area contributed by atoms with Crippen molar-refractivity contribution in [3.05, 3.63) is 24.3 Å². The van der Waals surface area contributed by atoms with Gasteiger partial charge in [-0.05, 0) is 69.5 Å². The van der Waals surface area contributed by atoms with E-state index < -0.39 is 20.0 Å². The van der Waals surface area contributed by atoms with Gasteiger partial charge >= 0.3 is 0 Å². The monoisotopic (exact) mass is 429 g/mol. The van der Waals surface area contributed by atoms with E-state index in [1.807, 2.05) is 6.92 Å². The quantitative estimate of drug-likeness (QED) is 0.683. The molecule has 158 valence electrons. The smallest absolute Gasteiger partial charge is 0.243 e. The maximum Gasteiger partial charge on any atom is 0.243 e. The minimum Gasteiger partial charge on any atom is -0.302 e. The summed E-state index contributed by atoms with van der Waals surface area (Å²) in [6.07, 6.45) is 5.90. The van der Waals surface area contributed by atoms with Crippen molar-refractivity contribution in [3.63, 3.8) is 0 Å². The van der Waals surface area contributed by atoms with Gasteiger partial charge in [-0.3, -0.25) is 0 Å². The molecule has 2 aliphatic heterocycles. The average Bonchev–Trinajstić information content (AvgIpc) is 3.21. The zero-order valence-corrected chi connectivity index (χ0v) is 18.1. The van der Waals surface area contributed by atoms with E-state index in [2.05, 4.69) is 9.62 Å². The van der Waals surface area contributed by atoms with Crippen molar-refractivity contribution in [3.8, 4) is 0 Å². The average molecular weight is 430 g/mol. The molecule has 0 aliphatic carbocycles.